The van der Waals surface area contributed by atoms with Crippen molar-refractivity contribution in [3.63, 3.8) is 0 Å². The number of aromatic hydroxyl groups is 1. The van der Waals surface area contributed by atoms with Crippen molar-refractivity contribution in [1.29, 1.82) is 0 Å². The predicted molar refractivity (Wildman–Crippen MR) is 47.6 cm³/mol. The number of benzene rings is 1. The number of nitrogens with two attached hydrogens (primary N) is 1. The van der Waals surface area contributed by atoms with Gasteiger partial charge in [-0.25, -0.2) is 0 Å². The van der Waals surface area contributed by atoms with Gasteiger partial charge in [-0.3, -0.25) is 0 Å². The van der Waals surface area contributed by atoms with Crippen molar-refractivity contribution in [2.24, 2.45) is 10.9 Å². The van der Waals surface area contributed by atoms with Crippen molar-refractivity contribution in [2.75, 3.05) is 6.54 Å². The second-order valence-corrected chi connectivity index (χ2v) is 2.59. The standard InChI is InChI=1S/C8H10N2O3/c9-4-8(12)5-1-2-7(11)6(3-5)10-13/h1-3,8,11-12H,4,9H2. The molecule has 0 fully saturated rings. The highest BCUT2D eigenvalue weighted by Gasteiger charge is 2.08. The van der Waals surface area contributed by atoms with Crippen LogP contribution in [0.25, 0.3) is 0 Å². The normalized spacial score (nSPS) is 12.5. The lowest BCUT2D eigenvalue weighted by Crippen LogP contribution is -2.11. The zero-order chi connectivity index (χ0) is 9.84. The van der Waals surface area contributed by atoms with Crippen molar-refractivity contribution >= 4 is 5.69 Å². The third-order valence-electron chi connectivity index (χ3n) is 1.71. The van der Waals surface area contributed by atoms with Gasteiger partial charge < -0.3 is 15.9 Å². The molecule has 0 bridgehead atoms. The minimum absolute atomic E-state index is 0.0586. The minimum Gasteiger partial charge on any atom is -0.506 e. The Kier molecular flexibility index (Phi) is 2.94. The topological polar surface area (TPSA) is 95.9 Å². The molecule has 0 aliphatic heterocycles. The molecule has 1 atom stereocenters. The molecule has 13 heavy (non-hydrogen) atoms. The first kappa shape index (κ1) is 9.63. The van der Waals surface area contributed by atoms with Gasteiger partial charge in [0.1, 0.15) is 11.4 Å². The first-order valence-corrected chi connectivity index (χ1v) is 3.73. The van der Waals surface area contributed by atoms with E-state index < -0.39 is 6.10 Å². The summed E-state index contributed by atoms with van der Waals surface area (Å²) >= 11 is 0. The lowest BCUT2D eigenvalue weighted by atomic mass is 10.1. The summed E-state index contributed by atoms with van der Waals surface area (Å²) in [6, 6.07) is 4.09. The Morgan fingerprint density at radius 3 is 2.77 bits per heavy atom. The Balaban J connectivity index is 3.05. The number of phenols is 1. The van der Waals surface area contributed by atoms with Gasteiger partial charge in [0.25, 0.3) is 0 Å². The van der Waals surface area contributed by atoms with Gasteiger partial charge in [-0.1, -0.05) is 6.07 Å². The van der Waals surface area contributed by atoms with Crippen LogP contribution in [0.4, 0.5) is 5.69 Å². The van der Waals surface area contributed by atoms with Gasteiger partial charge in [-0.15, -0.1) is 4.91 Å². The van der Waals surface area contributed by atoms with Crippen molar-refractivity contribution in [2.45, 2.75) is 6.10 Å². The summed E-state index contributed by atoms with van der Waals surface area (Å²) in [4.78, 5) is 10.2. The molecule has 0 aromatic heterocycles. The smallest absolute Gasteiger partial charge is 0.149 e. The van der Waals surface area contributed by atoms with Crippen LogP contribution >= 0.6 is 0 Å². The second kappa shape index (κ2) is 3.97. The first-order valence-electron chi connectivity index (χ1n) is 3.73. The Hall–Kier alpha value is -1.46. The van der Waals surface area contributed by atoms with E-state index in [0.29, 0.717) is 5.56 Å². The molecule has 0 aliphatic rings. The highest BCUT2D eigenvalue weighted by Crippen LogP contribution is 2.28. The Morgan fingerprint density at radius 1 is 1.54 bits per heavy atom. The van der Waals surface area contributed by atoms with E-state index in [-0.39, 0.29) is 18.0 Å². The average molecular weight is 182 g/mol. The van der Waals surface area contributed by atoms with E-state index in [0.717, 1.165) is 0 Å². The third kappa shape index (κ3) is 2.01. The van der Waals surface area contributed by atoms with Crippen LogP contribution in [-0.2, 0) is 0 Å². The lowest BCUT2D eigenvalue weighted by Gasteiger charge is -2.07. The fraction of sp³-hybridized carbons (Fsp3) is 0.250. The summed E-state index contributed by atoms with van der Waals surface area (Å²) in [6.07, 6.45) is -0.832. The van der Waals surface area contributed by atoms with Crippen molar-refractivity contribution in [1.82, 2.24) is 0 Å². The van der Waals surface area contributed by atoms with Gasteiger partial charge in [-0.05, 0) is 22.9 Å². The van der Waals surface area contributed by atoms with E-state index in [2.05, 4.69) is 5.18 Å². The monoisotopic (exact) mass is 182 g/mol. The molecule has 70 valence electrons. The molecule has 1 aromatic carbocycles. The largest absolute Gasteiger partial charge is 0.506 e. The molecule has 0 saturated heterocycles. The quantitative estimate of drug-likeness (QED) is 0.602. The van der Waals surface area contributed by atoms with Crippen LogP contribution in [0.1, 0.15) is 11.7 Å². The van der Waals surface area contributed by atoms with Crippen LogP contribution < -0.4 is 5.73 Å². The fourth-order valence-electron chi connectivity index (χ4n) is 0.957. The van der Waals surface area contributed by atoms with Crippen molar-refractivity contribution < 1.29 is 10.2 Å². The molecule has 0 radical (unpaired) electrons. The van der Waals surface area contributed by atoms with Crippen LogP contribution in [0.3, 0.4) is 0 Å². The first-order chi connectivity index (χ1) is 6.19. The summed E-state index contributed by atoms with van der Waals surface area (Å²) in [5, 5.41) is 21.0. The minimum atomic E-state index is -0.832. The SMILES string of the molecule is NCC(O)c1ccc(O)c(N=O)c1. The molecule has 0 saturated carbocycles. The Morgan fingerprint density at radius 2 is 2.23 bits per heavy atom. The van der Waals surface area contributed by atoms with E-state index in [4.69, 9.17) is 10.8 Å². The number of aliphatic hydroxyl groups is 1. The second-order valence-electron chi connectivity index (χ2n) is 2.59. The van der Waals surface area contributed by atoms with Gasteiger partial charge in [-0.2, -0.15) is 0 Å². The molecule has 5 heteroatoms. The van der Waals surface area contributed by atoms with E-state index in [1.165, 1.54) is 18.2 Å². The fourth-order valence-corrected chi connectivity index (χ4v) is 0.957. The molecule has 1 aromatic rings. The predicted octanol–water partition coefficient (Wildman–Crippen LogP) is 0.782. The van der Waals surface area contributed by atoms with Gasteiger partial charge in [0.05, 0.1) is 6.10 Å². The Labute approximate surface area is 74.8 Å². The molecule has 5 nitrogen and oxygen atoms in total. The highest BCUT2D eigenvalue weighted by atomic mass is 16.3. The molecule has 0 amide bonds. The number of hydrogen-bond acceptors (Lipinski definition) is 5. The summed E-state index contributed by atoms with van der Waals surface area (Å²) in [5.74, 6) is -0.206. The molecular formula is C8H10N2O3. The Bertz CT molecular complexity index is 314. The van der Waals surface area contributed by atoms with Crippen LogP contribution in [-0.4, -0.2) is 16.8 Å². The van der Waals surface area contributed by atoms with Gasteiger partial charge in [0.2, 0.25) is 0 Å². The number of rotatable bonds is 3. The van der Waals surface area contributed by atoms with Gasteiger partial charge in [0, 0.05) is 6.54 Å². The summed E-state index contributed by atoms with van der Waals surface area (Å²) in [7, 11) is 0. The molecule has 0 heterocycles. The number of aliphatic hydroxyl groups excluding tert-OH is 1. The number of nitroso groups, excluding NO2 is 1. The van der Waals surface area contributed by atoms with E-state index in [9.17, 15) is 10.0 Å². The summed E-state index contributed by atoms with van der Waals surface area (Å²) < 4.78 is 0. The summed E-state index contributed by atoms with van der Waals surface area (Å²) in [5.41, 5.74) is 5.59. The number of phenolic OH excluding ortho intramolecular Hbond substituents is 1. The van der Waals surface area contributed by atoms with Gasteiger partial charge in [0.15, 0.2) is 0 Å². The zero-order valence-corrected chi connectivity index (χ0v) is 6.84. The van der Waals surface area contributed by atoms with Crippen molar-refractivity contribution in [3.8, 4) is 5.75 Å². The van der Waals surface area contributed by atoms with Crippen LogP contribution in [0, 0.1) is 4.91 Å². The molecule has 4 N–H and O–H groups in total. The van der Waals surface area contributed by atoms with E-state index >= 15 is 0 Å². The molecule has 0 aliphatic carbocycles. The maximum Gasteiger partial charge on any atom is 0.149 e. The van der Waals surface area contributed by atoms with Crippen molar-refractivity contribution in [3.05, 3.63) is 28.7 Å². The molecule has 1 unspecified atom stereocenters. The number of nitrogens with zero attached hydrogens (tertiary/aromatic N) is 1. The van der Waals surface area contributed by atoms with E-state index in [1.807, 2.05) is 0 Å². The van der Waals surface area contributed by atoms with Gasteiger partial charge >= 0.3 is 0 Å². The zero-order valence-electron chi connectivity index (χ0n) is 6.84. The average Bonchev–Trinajstić information content (AvgIpc) is 2.17. The molecular weight excluding hydrogens is 172 g/mol. The van der Waals surface area contributed by atoms with Crippen LogP contribution in [0.5, 0.6) is 5.75 Å². The number of hydrogen-bond donors (Lipinski definition) is 3. The maximum atomic E-state index is 10.2. The lowest BCUT2D eigenvalue weighted by molar-refractivity contribution is 0.186. The van der Waals surface area contributed by atoms with E-state index in [1.54, 1.807) is 0 Å². The maximum absolute atomic E-state index is 10.2. The highest BCUT2D eigenvalue weighted by molar-refractivity contribution is 5.52. The third-order valence-corrected chi connectivity index (χ3v) is 1.71. The van der Waals surface area contributed by atoms with Crippen LogP contribution in [0.2, 0.25) is 0 Å². The molecule has 0 spiro atoms. The summed E-state index contributed by atoms with van der Waals surface area (Å²) in [6.45, 7) is 0.0586. The van der Waals surface area contributed by atoms with Crippen LogP contribution in [0.15, 0.2) is 23.4 Å². The molecule has 1 rings (SSSR count).